The molecule has 0 bridgehead atoms. The molecule has 0 amide bonds. The molecule has 0 spiro atoms. The highest BCUT2D eigenvalue weighted by molar-refractivity contribution is 5.60. The summed E-state index contributed by atoms with van der Waals surface area (Å²) in [7, 11) is 1.65. The lowest BCUT2D eigenvalue weighted by Gasteiger charge is -2.06. The molecular formula is C13H15N3O2. The number of benzene rings is 1. The standard InChI is InChI=1S/C13H15N3O2/c1-17-8-9-18-11-4-2-10(3-5-11)12-6-7-13(14)16-15-12/h2-7H,8-9H2,1H3,(H2,14,16). The van der Waals surface area contributed by atoms with Crippen LogP contribution >= 0.6 is 0 Å². The average Bonchev–Trinajstić information content (AvgIpc) is 2.41. The molecule has 0 aliphatic heterocycles. The Kier molecular flexibility index (Phi) is 4.09. The summed E-state index contributed by atoms with van der Waals surface area (Å²) in [5, 5.41) is 7.84. The Bertz CT molecular complexity index is 483. The molecule has 2 N–H and O–H groups in total. The minimum absolute atomic E-state index is 0.415. The van der Waals surface area contributed by atoms with Crippen molar-refractivity contribution in [3.63, 3.8) is 0 Å². The highest BCUT2D eigenvalue weighted by Crippen LogP contribution is 2.20. The van der Waals surface area contributed by atoms with E-state index in [2.05, 4.69) is 10.2 Å². The van der Waals surface area contributed by atoms with Gasteiger partial charge in [-0.1, -0.05) is 0 Å². The molecule has 1 aromatic heterocycles. The number of nitrogens with two attached hydrogens (primary N) is 1. The molecule has 5 heteroatoms. The van der Waals surface area contributed by atoms with Crippen LogP contribution in [0.2, 0.25) is 0 Å². The Morgan fingerprint density at radius 1 is 1.00 bits per heavy atom. The van der Waals surface area contributed by atoms with Crippen molar-refractivity contribution in [2.45, 2.75) is 0 Å². The molecular weight excluding hydrogens is 230 g/mol. The number of hydrogen-bond acceptors (Lipinski definition) is 5. The summed E-state index contributed by atoms with van der Waals surface area (Å²) in [6, 6.07) is 11.2. The normalized spacial score (nSPS) is 10.3. The number of aromatic nitrogens is 2. The molecule has 0 aliphatic carbocycles. The van der Waals surface area contributed by atoms with Gasteiger partial charge in [-0.25, -0.2) is 0 Å². The van der Waals surface area contributed by atoms with E-state index >= 15 is 0 Å². The summed E-state index contributed by atoms with van der Waals surface area (Å²) < 4.78 is 10.4. The molecule has 2 rings (SSSR count). The van der Waals surface area contributed by atoms with E-state index in [0.717, 1.165) is 17.0 Å². The van der Waals surface area contributed by atoms with Crippen LogP contribution in [0.25, 0.3) is 11.3 Å². The van der Waals surface area contributed by atoms with E-state index in [1.807, 2.05) is 30.3 Å². The van der Waals surface area contributed by atoms with Crippen LogP contribution in [0, 0.1) is 0 Å². The first-order valence-corrected chi connectivity index (χ1v) is 5.61. The van der Waals surface area contributed by atoms with Gasteiger partial charge in [0.05, 0.1) is 12.3 Å². The SMILES string of the molecule is COCCOc1ccc(-c2ccc(N)nn2)cc1. The summed E-state index contributed by atoms with van der Waals surface area (Å²) in [4.78, 5) is 0. The Labute approximate surface area is 106 Å². The molecule has 1 heterocycles. The topological polar surface area (TPSA) is 70.3 Å². The number of anilines is 1. The van der Waals surface area contributed by atoms with Gasteiger partial charge in [-0.3, -0.25) is 0 Å². The number of ether oxygens (including phenoxy) is 2. The molecule has 2 aromatic rings. The van der Waals surface area contributed by atoms with Crippen LogP contribution in [0.5, 0.6) is 5.75 Å². The van der Waals surface area contributed by atoms with Crippen molar-refractivity contribution in [2.75, 3.05) is 26.1 Å². The first kappa shape index (κ1) is 12.3. The molecule has 0 saturated heterocycles. The van der Waals surface area contributed by atoms with Crippen molar-refractivity contribution >= 4 is 5.82 Å². The minimum atomic E-state index is 0.415. The quantitative estimate of drug-likeness (QED) is 0.813. The molecule has 1 aromatic carbocycles. The number of nitrogen functional groups attached to an aromatic ring is 1. The van der Waals surface area contributed by atoms with E-state index in [1.165, 1.54) is 0 Å². The molecule has 0 fully saturated rings. The third kappa shape index (κ3) is 3.18. The van der Waals surface area contributed by atoms with Crippen LogP contribution in [0.4, 0.5) is 5.82 Å². The molecule has 18 heavy (non-hydrogen) atoms. The van der Waals surface area contributed by atoms with Crippen LogP contribution in [0.1, 0.15) is 0 Å². The third-order valence-electron chi connectivity index (χ3n) is 2.39. The van der Waals surface area contributed by atoms with Gasteiger partial charge in [-0.05, 0) is 36.4 Å². The second-order valence-corrected chi connectivity index (χ2v) is 3.71. The molecule has 0 radical (unpaired) electrons. The van der Waals surface area contributed by atoms with Gasteiger partial charge >= 0.3 is 0 Å². The van der Waals surface area contributed by atoms with Crippen LogP contribution < -0.4 is 10.5 Å². The lowest BCUT2D eigenvalue weighted by Crippen LogP contribution is -2.03. The summed E-state index contributed by atoms with van der Waals surface area (Å²) in [5.74, 6) is 1.22. The highest BCUT2D eigenvalue weighted by Gasteiger charge is 2.00. The van der Waals surface area contributed by atoms with E-state index in [-0.39, 0.29) is 0 Å². The number of methoxy groups -OCH3 is 1. The van der Waals surface area contributed by atoms with Crippen molar-refractivity contribution in [3.05, 3.63) is 36.4 Å². The maximum Gasteiger partial charge on any atom is 0.146 e. The van der Waals surface area contributed by atoms with Crippen molar-refractivity contribution < 1.29 is 9.47 Å². The predicted octanol–water partition coefficient (Wildman–Crippen LogP) is 1.75. The number of nitrogens with zero attached hydrogens (tertiary/aromatic N) is 2. The molecule has 0 atom stereocenters. The van der Waals surface area contributed by atoms with Crippen LogP contribution in [0.3, 0.4) is 0 Å². The van der Waals surface area contributed by atoms with Crippen molar-refractivity contribution in [1.29, 1.82) is 0 Å². The number of hydrogen-bond donors (Lipinski definition) is 1. The second kappa shape index (κ2) is 5.97. The lowest BCUT2D eigenvalue weighted by atomic mass is 10.1. The highest BCUT2D eigenvalue weighted by atomic mass is 16.5. The Morgan fingerprint density at radius 3 is 2.39 bits per heavy atom. The first-order valence-electron chi connectivity index (χ1n) is 5.61. The van der Waals surface area contributed by atoms with Crippen LogP contribution in [-0.2, 0) is 4.74 Å². The molecule has 94 valence electrons. The first-order chi connectivity index (χ1) is 8.79. The van der Waals surface area contributed by atoms with Gasteiger partial charge in [-0.2, -0.15) is 0 Å². The summed E-state index contributed by atoms with van der Waals surface area (Å²) in [5.41, 5.74) is 7.25. The van der Waals surface area contributed by atoms with Gasteiger partial charge in [0, 0.05) is 12.7 Å². The zero-order chi connectivity index (χ0) is 12.8. The smallest absolute Gasteiger partial charge is 0.146 e. The average molecular weight is 245 g/mol. The fourth-order valence-electron chi connectivity index (χ4n) is 1.46. The fourth-order valence-corrected chi connectivity index (χ4v) is 1.46. The van der Waals surface area contributed by atoms with E-state index in [4.69, 9.17) is 15.2 Å². The largest absolute Gasteiger partial charge is 0.491 e. The molecule has 0 unspecified atom stereocenters. The van der Waals surface area contributed by atoms with Gasteiger partial charge in [0.15, 0.2) is 0 Å². The zero-order valence-corrected chi connectivity index (χ0v) is 10.2. The van der Waals surface area contributed by atoms with Crippen molar-refractivity contribution in [1.82, 2.24) is 10.2 Å². The van der Waals surface area contributed by atoms with Gasteiger partial charge < -0.3 is 15.2 Å². The third-order valence-corrected chi connectivity index (χ3v) is 2.39. The Morgan fingerprint density at radius 2 is 1.78 bits per heavy atom. The van der Waals surface area contributed by atoms with E-state index in [1.54, 1.807) is 13.2 Å². The second-order valence-electron chi connectivity index (χ2n) is 3.71. The Balaban J connectivity index is 2.05. The van der Waals surface area contributed by atoms with Gasteiger partial charge in [-0.15, -0.1) is 10.2 Å². The predicted molar refractivity (Wildman–Crippen MR) is 69.3 cm³/mol. The molecule has 0 aliphatic rings. The maximum atomic E-state index is 5.49. The van der Waals surface area contributed by atoms with Crippen LogP contribution in [0.15, 0.2) is 36.4 Å². The zero-order valence-electron chi connectivity index (χ0n) is 10.2. The van der Waals surface area contributed by atoms with E-state index in [9.17, 15) is 0 Å². The van der Waals surface area contributed by atoms with E-state index in [0.29, 0.717) is 19.0 Å². The van der Waals surface area contributed by atoms with Crippen molar-refractivity contribution in [2.24, 2.45) is 0 Å². The molecule has 5 nitrogen and oxygen atoms in total. The van der Waals surface area contributed by atoms with Crippen LogP contribution in [-0.4, -0.2) is 30.5 Å². The summed E-state index contributed by atoms with van der Waals surface area (Å²) in [6.07, 6.45) is 0. The molecule has 0 saturated carbocycles. The fraction of sp³-hybridized carbons (Fsp3) is 0.231. The maximum absolute atomic E-state index is 5.49. The van der Waals surface area contributed by atoms with Gasteiger partial charge in [0.25, 0.3) is 0 Å². The van der Waals surface area contributed by atoms with Gasteiger partial charge in [0.2, 0.25) is 0 Å². The number of rotatable bonds is 5. The minimum Gasteiger partial charge on any atom is -0.491 e. The summed E-state index contributed by atoms with van der Waals surface area (Å²) >= 11 is 0. The monoisotopic (exact) mass is 245 g/mol. The summed E-state index contributed by atoms with van der Waals surface area (Å²) in [6.45, 7) is 1.11. The van der Waals surface area contributed by atoms with E-state index < -0.39 is 0 Å². The van der Waals surface area contributed by atoms with Crippen molar-refractivity contribution in [3.8, 4) is 17.0 Å². The Hall–Kier alpha value is -2.14. The lowest BCUT2D eigenvalue weighted by molar-refractivity contribution is 0.146. The van der Waals surface area contributed by atoms with Gasteiger partial charge in [0.1, 0.15) is 18.2 Å².